The topological polar surface area (TPSA) is 38.9 Å². The van der Waals surface area contributed by atoms with Gasteiger partial charge in [0.1, 0.15) is 5.15 Å². The van der Waals surface area contributed by atoms with E-state index in [1.54, 1.807) is 6.20 Å². The standard InChI is InChI=1S/C9H10BrClN2/c10-8-5-7(3-1-2-4-12)9(11)13-6-8/h1,3,5-6H,2,4,12H2. The Labute approximate surface area is 90.9 Å². The molecule has 0 aliphatic heterocycles. The summed E-state index contributed by atoms with van der Waals surface area (Å²) in [6.45, 7) is 0.648. The van der Waals surface area contributed by atoms with Crippen molar-refractivity contribution in [3.8, 4) is 0 Å². The quantitative estimate of drug-likeness (QED) is 0.850. The van der Waals surface area contributed by atoms with Gasteiger partial charge < -0.3 is 5.73 Å². The van der Waals surface area contributed by atoms with Crippen LogP contribution in [0.3, 0.4) is 0 Å². The van der Waals surface area contributed by atoms with Crippen LogP contribution in [0, 0.1) is 0 Å². The van der Waals surface area contributed by atoms with Gasteiger partial charge in [-0.15, -0.1) is 0 Å². The third kappa shape index (κ3) is 3.46. The molecule has 2 N–H and O–H groups in total. The van der Waals surface area contributed by atoms with Gasteiger partial charge >= 0.3 is 0 Å². The molecule has 1 rings (SSSR count). The van der Waals surface area contributed by atoms with E-state index in [0.717, 1.165) is 16.5 Å². The maximum atomic E-state index is 5.86. The van der Waals surface area contributed by atoms with Crippen molar-refractivity contribution in [2.75, 3.05) is 6.54 Å². The number of nitrogens with two attached hydrogens (primary N) is 1. The predicted molar refractivity (Wildman–Crippen MR) is 59.7 cm³/mol. The molecule has 0 fully saturated rings. The molecule has 0 atom stereocenters. The van der Waals surface area contributed by atoms with Crippen molar-refractivity contribution >= 4 is 33.6 Å². The first-order valence-corrected chi connectivity index (χ1v) is 5.09. The van der Waals surface area contributed by atoms with Crippen LogP contribution in [0.1, 0.15) is 12.0 Å². The summed E-state index contributed by atoms with van der Waals surface area (Å²) in [6.07, 6.45) is 6.42. The third-order valence-electron chi connectivity index (χ3n) is 1.46. The van der Waals surface area contributed by atoms with Crippen LogP contribution in [0.15, 0.2) is 22.8 Å². The number of halogens is 2. The Morgan fingerprint density at radius 3 is 3.08 bits per heavy atom. The largest absolute Gasteiger partial charge is 0.330 e. The maximum Gasteiger partial charge on any atom is 0.136 e. The third-order valence-corrected chi connectivity index (χ3v) is 2.21. The van der Waals surface area contributed by atoms with Gasteiger partial charge in [0.05, 0.1) is 0 Å². The molecule has 0 unspecified atom stereocenters. The van der Waals surface area contributed by atoms with Crippen LogP contribution < -0.4 is 5.73 Å². The van der Waals surface area contributed by atoms with Crippen molar-refractivity contribution in [2.45, 2.75) is 6.42 Å². The Balaban J connectivity index is 2.81. The van der Waals surface area contributed by atoms with Crippen molar-refractivity contribution in [3.05, 3.63) is 33.5 Å². The average Bonchev–Trinajstić information content (AvgIpc) is 2.11. The van der Waals surface area contributed by atoms with Gasteiger partial charge in [-0.05, 0) is 35.0 Å². The second-order valence-electron chi connectivity index (χ2n) is 2.51. The predicted octanol–water partition coefficient (Wildman–Crippen LogP) is 2.86. The first-order chi connectivity index (χ1) is 6.24. The summed E-state index contributed by atoms with van der Waals surface area (Å²) in [5.41, 5.74) is 6.26. The van der Waals surface area contributed by atoms with Crippen molar-refractivity contribution < 1.29 is 0 Å². The van der Waals surface area contributed by atoms with E-state index < -0.39 is 0 Å². The van der Waals surface area contributed by atoms with Crippen LogP contribution >= 0.6 is 27.5 Å². The molecule has 0 aliphatic rings. The second-order valence-corrected chi connectivity index (χ2v) is 3.79. The van der Waals surface area contributed by atoms with Gasteiger partial charge in [-0.1, -0.05) is 23.8 Å². The number of hydrogen-bond donors (Lipinski definition) is 1. The molecule has 0 radical (unpaired) electrons. The summed E-state index contributed by atoms with van der Waals surface area (Å²) in [7, 11) is 0. The van der Waals surface area contributed by atoms with E-state index in [1.165, 1.54) is 0 Å². The Morgan fingerprint density at radius 2 is 2.38 bits per heavy atom. The maximum absolute atomic E-state index is 5.86. The van der Waals surface area contributed by atoms with Crippen molar-refractivity contribution in [2.24, 2.45) is 5.73 Å². The second kappa shape index (κ2) is 5.37. The minimum atomic E-state index is 0.511. The molecule has 1 heterocycles. The fraction of sp³-hybridized carbons (Fsp3) is 0.222. The van der Waals surface area contributed by atoms with Crippen molar-refractivity contribution in [1.82, 2.24) is 4.98 Å². The highest BCUT2D eigenvalue weighted by atomic mass is 79.9. The fourth-order valence-electron chi connectivity index (χ4n) is 0.862. The monoisotopic (exact) mass is 260 g/mol. The van der Waals surface area contributed by atoms with Gasteiger partial charge in [0.2, 0.25) is 0 Å². The number of aromatic nitrogens is 1. The van der Waals surface area contributed by atoms with Gasteiger partial charge in [0.15, 0.2) is 0 Å². The van der Waals surface area contributed by atoms with E-state index in [0.29, 0.717) is 11.7 Å². The smallest absolute Gasteiger partial charge is 0.136 e. The summed E-state index contributed by atoms with van der Waals surface area (Å²) in [4.78, 5) is 3.99. The van der Waals surface area contributed by atoms with E-state index >= 15 is 0 Å². The molecule has 0 spiro atoms. The molecule has 70 valence electrons. The number of rotatable bonds is 3. The number of hydrogen-bond acceptors (Lipinski definition) is 2. The van der Waals surface area contributed by atoms with Gasteiger partial charge in [0, 0.05) is 16.2 Å². The lowest BCUT2D eigenvalue weighted by Crippen LogP contribution is -1.95. The number of pyridine rings is 1. The van der Waals surface area contributed by atoms with Crippen molar-refractivity contribution in [1.29, 1.82) is 0 Å². The molecular formula is C9H10BrClN2. The van der Waals surface area contributed by atoms with Crippen LogP contribution in [0.5, 0.6) is 0 Å². The summed E-state index contributed by atoms with van der Waals surface area (Å²) in [5, 5.41) is 0.511. The summed E-state index contributed by atoms with van der Waals surface area (Å²) >= 11 is 9.19. The highest BCUT2D eigenvalue weighted by molar-refractivity contribution is 9.10. The number of nitrogens with zero attached hydrogens (tertiary/aromatic N) is 1. The zero-order valence-electron chi connectivity index (χ0n) is 7.00. The minimum absolute atomic E-state index is 0.511. The zero-order chi connectivity index (χ0) is 9.68. The molecule has 2 nitrogen and oxygen atoms in total. The fourth-order valence-corrected chi connectivity index (χ4v) is 1.38. The lowest BCUT2D eigenvalue weighted by molar-refractivity contribution is 1.01. The SMILES string of the molecule is NCCC=Cc1cc(Br)cnc1Cl. The lowest BCUT2D eigenvalue weighted by Gasteiger charge is -1.97. The van der Waals surface area contributed by atoms with E-state index in [9.17, 15) is 0 Å². The molecule has 0 aliphatic carbocycles. The molecule has 0 bridgehead atoms. The van der Waals surface area contributed by atoms with E-state index in [-0.39, 0.29) is 0 Å². The van der Waals surface area contributed by atoms with Crippen LogP contribution in [0.25, 0.3) is 6.08 Å². The van der Waals surface area contributed by atoms with Crippen molar-refractivity contribution in [3.63, 3.8) is 0 Å². The summed E-state index contributed by atoms with van der Waals surface area (Å²) in [6, 6.07) is 1.92. The minimum Gasteiger partial charge on any atom is -0.330 e. The Bertz CT molecular complexity index is 312. The molecule has 0 saturated carbocycles. The van der Waals surface area contributed by atoms with Gasteiger partial charge in [0.25, 0.3) is 0 Å². The lowest BCUT2D eigenvalue weighted by atomic mass is 10.2. The van der Waals surface area contributed by atoms with E-state index in [4.69, 9.17) is 17.3 Å². The first kappa shape index (κ1) is 10.7. The van der Waals surface area contributed by atoms with Gasteiger partial charge in [-0.3, -0.25) is 0 Å². The van der Waals surface area contributed by atoms with E-state index in [2.05, 4.69) is 20.9 Å². The highest BCUT2D eigenvalue weighted by Gasteiger charge is 1.97. The molecule has 4 heteroatoms. The molecule has 1 aromatic rings. The normalized spacial score (nSPS) is 11.0. The van der Waals surface area contributed by atoms with Crippen LogP contribution in [0.2, 0.25) is 5.15 Å². The summed E-state index contributed by atoms with van der Waals surface area (Å²) < 4.78 is 0.921. The van der Waals surface area contributed by atoms with E-state index in [1.807, 2.05) is 18.2 Å². The van der Waals surface area contributed by atoms with Crippen LogP contribution in [0.4, 0.5) is 0 Å². The highest BCUT2D eigenvalue weighted by Crippen LogP contribution is 2.19. The molecule has 1 aromatic heterocycles. The Morgan fingerprint density at radius 1 is 1.62 bits per heavy atom. The molecular weight excluding hydrogens is 251 g/mol. The van der Waals surface area contributed by atoms with Gasteiger partial charge in [-0.25, -0.2) is 4.98 Å². The van der Waals surface area contributed by atoms with Crippen LogP contribution in [-0.4, -0.2) is 11.5 Å². The van der Waals surface area contributed by atoms with Gasteiger partial charge in [-0.2, -0.15) is 0 Å². The molecule has 0 saturated heterocycles. The molecule has 13 heavy (non-hydrogen) atoms. The Kier molecular flexibility index (Phi) is 4.42. The zero-order valence-corrected chi connectivity index (χ0v) is 9.35. The molecule has 0 amide bonds. The first-order valence-electron chi connectivity index (χ1n) is 3.91. The summed E-state index contributed by atoms with van der Waals surface area (Å²) in [5.74, 6) is 0. The molecule has 0 aromatic carbocycles. The van der Waals surface area contributed by atoms with Crippen LogP contribution in [-0.2, 0) is 0 Å². The Hall–Kier alpha value is -0.380. The average molecular weight is 262 g/mol.